The number of carbonyl (C=O) groups is 3. The second kappa shape index (κ2) is 12.5. The zero-order valence-corrected chi connectivity index (χ0v) is 21.8. The number of amides is 3. The first-order valence-corrected chi connectivity index (χ1v) is 13.5. The molecule has 0 spiro atoms. The lowest BCUT2D eigenvalue weighted by molar-refractivity contribution is -0.122. The molecule has 0 radical (unpaired) electrons. The van der Waals surface area contributed by atoms with Gasteiger partial charge in [-0.05, 0) is 56.2 Å². The van der Waals surface area contributed by atoms with Gasteiger partial charge in [-0.1, -0.05) is 37.2 Å². The van der Waals surface area contributed by atoms with Crippen LogP contribution in [0.5, 0.6) is 5.75 Å². The number of nitrogens with zero attached hydrogens (tertiary/aromatic N) is 3. The van der Waals surface area contributed by atoms with Crippen LogP contribution in [-0.4, -0.2) is 58.6 Å². The van der Waals surface area contributed by atoms with Gasteiger partial charge in [0.15, 0.2) is 5.17 Å². The van der Waals surface area contributed by atoms with Crippen LogP contribution in [0.2, 0.25) is 0 Å². The molecule has 2 N–H and O–H groups in total. The Kier molecular flexibility index (Phi) is 8.95. The van der Waals surface area contributed by atoms with Gasteiger partial charge in [0, 0.05) is 24.2 Å². The fourth-order valence-electron chi connectivity index (χ4n) is 4.07. The second-order valence-corrected chi connectivity index (χ2v) is 9.55. The molecule has 2 aliphatic heterocycles. The van der Waals surface area contributed by atoms with E-state index in [-0.39, 0.29) is 29.9 Å². The highest BCUT2D eigenvalue weighted by Gasteiger charge is 2.41. The molecule has 194 valence electrons. The maximum Gasteiger partial charge on any atom is 0.270 e. The summed E-state index contributed by atoms with van der Waals surface area (Å²) in [5.74, 6) is 0.748. The largest absolute Gasteiger partial charge is 0.494 e. The molecule has 10 heteroatoms. The number of para-hydroxylation sites is 1. The first-order valence-electron chi connectivity index (χ1n) is 12.5. The summed E-state index contributed by atoms with van der Waals surface area (Å²) >= 11 is 1.24. The monoisotopic (exact) mass is 521 g/mol. The summed E-state index contributed by atoms with van der Waals surface area (Å²) in [6.07, 6.45) is 2.42. The van der Waals surface area contributed by atoms with Crippen LogP contribution >= 0.6 is 11.8 Å². The van der Waals surface area contributed by atoms with E-state index >= 15 is 0 Å². The molecule has 0 bridgehead atoms. The molecular formula is C27H31N5O4S. The van der Waals surface area contributed by atoms with E-state index in [9.17, 15) is 14.4 Å². The molecule has 0 saturated carbocycles. The number of carbonyl (C=O) groups excluding carboxylic acids is 3. The minimum atomic E-state index is -0.638. The van der Waals surface area contributed by atoms with Crippen LogP contribution in [0.3, 0.4) is 0 Å². The Morgan fingerprint density at radius 1 is 1.05 bits per heavy atom. The number of rotatable bonds is 11. The summed E-state index contributed by atoms with van der Waals surface area (Å²) in [6.45, 7) is 5.17. The number of aliphatic imine (C=N–C) groups is 2. The van der Waals surface area contributed by atoms with Crippen molar-refractivity contribution in [1.29, 1.82) is 0 Å². The molecular weight excluding hydrogens is 490 g/mol. The molecule has 1 atom stereocenters. The van der Waals surface area contributed by atoms with Crippen molar-refractivity contribution in [2.75, 3.05) is 24.2 Å². The van der Waals surface area contributed by atoms with Gasteiger partial charge < -0.3 is 15.4 Å². The molecule has 3 amide bonds. The lowest BCUT2D eigenvalue weighted by atomic mass is 10.1. The van der Waals surface area contributed by atoms with E-state index in [1.807, 2.05) is 31.2 Å². The number of unbranched alkanes of at least 4 members (excludes halogenated alkanes) is 1. The molecule has 2 aliphatic rings. The van der Waals surface area contributed by atoms with Crippen LogP contribution in [0.1, 0.15) is 45.1 Å². The van der Waals surface area contributed by atoms with E-state index < -0.39 is 6.04 Å². The lowest BCUT2D eigenvalue weighted by Crippen LogP contribution is -2.44. The molecule has 2 aromatic rings. The first-order chi connectivity index (χ1) is 18.0. The van der Waals surface area contributed by atoms with Crippen LogP contribution in [0, 0.1) is 0 Å². The number of hydrogen-bond donors (Lipinski definition) is 2. The Morgan fingerprint density at radius 3 is 2.59 bits per heavy atom. The van der Waals surface area contributed by atoms with Gasteiger partial charge in [0.1, 0.15) is 17.6 Å². The molecule has 1 unspecified atom stereocenters. The van der Waals surface area contributed by atoms with E-state index in [1.54, 1.807) is 29.2 Å². The summed E-state index contributed by atoms with van der Waals surface area (Å²) in [4.78, 5) is 48.7. The number of amidine groups is 2. The third kappa shape index (κ3) is 6.56. The zero-order chi connectivity index (χ0) is 26.2. The Bertz CT molecular complexity index is 1210. The maximum atomic E-state index is 12.9. The van der Waals surface area contributed by atoms with Gasteiger partial charge in [0.25, 0.3) is 5.91 Å². The molecule has 9 nitrogen and oxygen atoms in total. The summed E-state index contributed by atoms with van der Waals surface area (Å²) in [5.41, 5.74) is 2.11. The molecule has 2 heterocycles. The van der Waals surface area contributed by atoms with Crippen LogP contribution in [-0.2, 0) is 14.4 Å². The van der Waals surface area contributed by atoms with Crippen LogP contribution < -0.4 is 15.4 Å². The molecule has 4 rings (SSSR count). The zero-order valence-electron chi connectivity index (χ0n) is 21.0. The minimum Gasteiger partial charge on any atom is -0.494 e. The summed E-state index contributed by atoms with van der Waals surface area (Å²) in [6, 6.07) is 14.0. The van der Waals surface area contributed by atoms with Crippen molar-refractivity contribution in [3.05, 3.63) is 54.1 Å². The highest BCUT2D eigenvalue weighted by Crippen LogP contribution is 2.35. The highest BCUT2D eigenvalue weighted by atomic mass is 32.2. The van der Waals surface area contributed by atoms with Crippen molar-refractivity contribution in [2.45, 2.75) is 45.6 Å². The number of ether oxygens (including phenoxy) is 1. The topological polar surface area (TPSA) is 112 Å². The van der Waals surface area contributed by atoms with Gasteiger partial charge in [-0.15, -0.1) is 0 Å². The van der Waals surface area contributed by atoms with Crippen molar-refractivity contribution in [1.82, 2.24) is 10.2 Å². The normalized spacial score (nSPS) is 15.9. The number of nitrogens with one attached hydrogen (secondary N) is 2. The molecule has 2 aromatic carbocycles. The van der Waals surface area contributed by atoms with Crippen molar-refractivity contribution in [3.8, 4) is 5.75 Å². The van der Waals surface area contributed by atoms with Crippen molar-refractivity contribution < 1.29 is 19.1 Å². The molecule has 0 saturated heterocycles. The third-order valence-electron chi connectivity index (χ3n) is 5.89. The van der Waals surface area contributed by atoms with Gasteiger partial charge >= 0.3 is 0 Å². The van der Waals surface area contributed by atoms with Gasteiger partial charge in [0.05, 0.1) is 18.0 Å². The highest BCUT2D eigenvalue weighted by molar-refractivity contribution is 8.14. The van der Waals surface area contributed by atoms with E-state index in [0.29, 0.717) is 42.0 Å². The van der Waals surface area contributed by atoms with Crippen LogP contribution in [0.15, 0.2) is 58.5 Å². The van der Waals surface area contributed by atoms with Gasteiger partial charge in [-0.3, -0.25) is 19.3 Å². The number of hydrogen-bond acceptors (Lipinski definition) is 7. The lowest BCUT2D eigenvalue weighted by Gasteiger charge is -2.31. The number of fused-ring (bicyclic) bond motifs is 3. The number of benzene rings is 2. The van der Waals surface area contributed by atoms with Crippen LogP contribution in [0.4, 0.5) is 11.4 Å². The third-order valence-corrected chi connectivity index (χ3v) is 6.84. The molecule has 37 heavy (non-hydrogen) atoms. The maximum absolute atomic E-state index is 12.9. The van der Waals surface area contributed by atoms with Gasteiger partial charge in [0.2, 0.25) is 11.8 Å². The fraction of sp³-hybridized carbons (Fsp3) is 0.370. The Balaban J connectivity index is 1.44. The van der Waals surface area contributed by atoms with E-state index in [2.05, 4.69) is 22.5 Å². The Labute approximate surface area is 220 Å². The fourth-order valence-corrected chi connectivity index (χ4v) is 4.91. The van der Waals surface area contributed by atoms with E-state index in [4.69, 9.17) is 9.73 Å². The van der Waals surface area contributed by atoms with Gasteiger partial charge in [-0.2, -0.15) is 4.99 Å². The van der Waals surface area contributed by atoms with Crippen molar-refractivity contribution >= 4 is 51.9 Å². The summed E-state index contributed by atoms with van der Waals surface area (Å²) in [5, 5.41) is 6.28. The molecule has 0 aliphatic carbocycles. The minimum absolute atomic E-state index is 0.0898. The Morgan fingerprint density at radius 2 is 1.84 bits per heavy atom. The average Bonchev–Trinajstić information content (AvgIpc) is 3.23. The number of anilines is 1. The predicted molar refractivity (Wildman–Crippen MR) is 147 cm³/mol. The van der Waals surface area contributed by atoms with E-state index in [1.165, 1.54) is 11.8 Å². The number of thioether (sulfide) groups is 1. The van der Waals surface area contributed by atoms with Crippen molar-refractivity contribution in [2.24, 2.45) is 9.98 Å². The predicted octanol–water partition coefficient (Wildman–Crippen LogP) is 4.11. The summed E-state index contributed by atoms with van der Waals surface area (Å²) in [7, 11) is 0. The quantitative estimate of drug-likeness (QED) is 0.431. The average molecular weight is 522 g/mol. The molecule has 0 fully saturated rings. The smallest absolute Gasteiger partial charge is 0.270 e. The van der Waals surface area contributed by atoms with Gasteiger partial charge in [-0.25, -0.2) is 4.99 Å². The first kappa shape index (κ1) is 26.4. The SMILES string of the molecule is CCCCNC(=O)CCC1C(=O)N=C2c3ccccc3N=C(SCC(=O)Nc3ccc(OCC)cc3)N21. The Hall–Kier alpha value is -3.66. The molecule has 0 aromatic heterocycles. The van der Waals surface area contributed by atoms with E-state index in [0.717, 1.165) is 24.2 Å². The summed E-state index contributed by atoms with van der Waals surface area (Å²) < 4.78 is 5.44. The van der Waals surface area contributed by atoms with Crippen molar-refractivity contribution in [3.63, 3.8) is 0 Å². The standard InChI is InChI=1S/C27H31N5O4S/c1-3-5-16-28-23(33)15-14-22-26(35)31-25-20-8-6-7-9-21(20)30-27(32(22)25)37-17-24(34)29-18-10-12-19(13-11-18)36-4-2/h6-13,22H,3-5,14-17H2,1-2H3,(H,28,33)(H,29,34). The van der Waals surface area contributed by atoms with Crippen LogP contribution in [0.25, 0.3) is 0 Å². The second-order valence-electron chi connectivity index (χ2n) is 8.61.